The third kappa shape index (κ3) is 4.32. The van der Waals surface area contributed by atoms with Crippen LogP contribution in [0, 0.1) is 0 Å². The second-order valence-corrected chi connectivity index (χ2v) is 6.84. The number of rotatable bonds is 5. The van der Waals surface area contributed by atoms with Gasteiger partial charge in [0.05, 0.1) is 23.5 Å². The largest absolute Gasteiger partial charge is 0.492 e. The van der Waals surface area contributed by atoms with Gasteiger partial charge in [-0.15, -0.1) is 0 Å². The highest BCUT2D eigenvalue weighted by Gasteiger charge is 2.24. The number of anilines is 1. The Morgan fingerprint density at radius 2 is 2.08 bits per heavy atom. The Morgan fingerprint density at radius 1 is 1.27 bits per heavy atom. The first-order chi connectivity index (χ1) is 12.6. The van der Waals surface area contributed by atoms with E-state index in [1.807, 2.05) is 30.3 Å². The van der Waals surface area contributed by atoms with Crippen molar-refractivity contribution in [3.05, 3.63) is 70.7 Å². The predicted octanol–water partition coefficient (Wildman–Crippen LogP) is 3.76. The molecule has 0 fully saturated rings. The lowest BCUT2D eigenvalue weighted by atomic mass is 10.00. The van der Waals surface area contributed by atoms with Crippen LogP contribution in [0.5, 0.6) is 5.75 Å². The topological polar surface area (TPSA) is 67.4 Å². The van der Waals surface area contributed by atoms with Gasteiger partial charge in [0.25, 0.3) is 0 Å². The minimum atomic E-state index is -0.281. The molecule has 1 unspecified atom stereocenters. The van der Waals surface area contributed by atoms with E-state index in [0.29, 0.717) is 12.3 Å². The van der Waals surface area contributed by atoms with Crippen molar-refractivity contribution in [2.45, 2.75) is 18.9 Å². The lowest BCUT2D eigenvalue weighted by Crippen LogP contribution is -2.33. The van der Waals surface area contributed by atoms with Crippen molar-refractivity contribution in [3.63, 3.8) is 0 Å². The van der Waals surface area contributed by atoms with Gasteiger partial charge in [-0.3, -0.25) is 9.59 Å². The van der Waals surface area contributed by atoms with E-state index in [-0.39, 0.29) is 24.3 Å². The van der Waals surface area contributed by atoms with Gasteiger partial charge < -0.3 is 15.4 Å². The average molecular weight is 415 g/mol. The summed E-state index contributed by atoms with van der Waals surface area (Å²) in [6.07, 6.45) is 2.17. The monoisotopic (exact) mass is 414 g/mol. The Bertz CT molecular complexity index is 851. The van der Waals surface area contributed by atoms with E-state index >= 15 is 0 Å². The Morgan fingerprint density at radius 3 is 2.88 bits per heavy atom. The van der Waals surface area contributed by atoms with Gasteiger partial charge in [-0.2, -0.15) is 0 Å². The summed E-state index contributed by atoms with van der Waals surface area (Å²) in [5.74, 6) is 0.434. The molecule has 1 heterocycles. The molecule has 134 valence electrons. The normalized spacial score (nSPS) is 15.3. The molecule has 2 aromatic carbocycles. The molecule has 26 heavy (non-hydrogen) atoms. The molecule has 0 aliphatic carbocycles. The van der Waals surface area contributed by atoms with Crippen LogP contribution in [0.3, 0.4) is 0 Å². The molecule has 0 saturated carbocycles. The standard InChI is InChI=1S/C20H19BrN2O3/c1-2-18(24)22-14-6-3-5-13(11-14)12-19(25)23-17-9-10-26-20-15(17)7-4-8-16(20)21/h2-8,11,17H,1,9-10,12H2,(H,22,24)(H,23,25). The summed E-state index contributed by atoms with van der Waals surface area (Å²) in [7, 11) is 0. The van der Waals surface area contributed by atoms with Crippen molar-refractivity contribution < 1.29 is 14.3 Å². The SMILES string of the molecule is C=CC(=O)Nc1cccc(CC(=O)NC2CCOc3c(Br)cccc32)c1. The van der Waals surface area contributed by atoms with Gasteiger partial charge in [-0.25, -0.2) is 0 Å². The third-order valence-corrected chi connectivity index (χ3v) is 4.73. The van der Waals surface area contributed by atoms with E-state index in [1.165, 1.54) is 6.08 Å². The Kier molecular flexibility index (Phi) is 5.73. The van der Waals surface area contributed by atoms with Crippen LogP contribution >= 0.6 is 15.9 Å². The van der Waals surface area contributed by atoms with Crippen LogP contribution in [-0.2, 0) is 16.0 Å². The molecule has 5 nitrogen and oxygen atoms in total. The summed E-state index contributed by atoms with van der Waals surface area (Å²) in [5.41, 5.74) is 2.44. The molecule has 1 aliphatic rings. The first-order valence-corrected chi connectivity index (χ1v) is 9.09. The molecule has 0 bridgehead atoms. The van der Waals surface area contributed by atoms with Crippen LogP contribution in [-0.4, -0.2) is 18.4 Å². The highest BCUT2D eigenvalue weighted by molar-refractivity contribution is 9.10. The lowest BCUT2D eigenvalue weighted by molar-refractivity contribution is -0.121. The molecule has 1 aliphatic heterocycles. The zero-order chi connectivity index (χ0) is 18.5. The average Bonchev–Trinajstić information content (AvgIpc) is 2.63. The van der Waals surface area contributed by atoms with Crippen LogP contribution in [0.25, 0.3) is 0 Å². The van der Waals surface area contributed by atoms with E-state index in [9.17, 15) is 9.59 Å². The number of carbonyl (C=O) groups excluding carboxylic acids is 2. The van der Waals surface area contributed by atoms with Gasteiger partial charge in [0, 0.05) is 17.7 Å². The summed E-state index contributed by atoms with van der Waals surface area (Å²) in [6.45, 7) is 3.99. The number of ether oxygens (including phenoxy) is 1. The number of para-hydroxylation sites is 1. The number of nitrogens with one attached hydrogen (secondary N) is 2. The maximum Gasteiger partial charge on any atom is 0.247 e. The Labute approximate surface area is 160 Å². The maximum atomic E-state index is 12.5. The van der Waals surface area contributed by atoms with Gasteiger partial charge >= 0.3 is 0 Å². The van der Waals surface area contributed by atoms with Crippen LogP contribution in [0.1, 0.15) is 23.6 Å². The first kappa shape index (κ1) is 18.2. The molecule has 1 atom stereocenters. The first-order valence-electron chi connectivity index (χ1n) is 8.30. The number of hydrogen-bond donors (Lipinski definition) is 2. The van der Waals surface area contributed by atoms with Crippen LogP contribution in [0.4, 0.5) is 5.69 Å². The molecule has 6 heteroatoms. The van der Waals surface area contributed by atoms with E-state index < -0.39 is 0 Å². The molecule has 0 aromatic heterocycles. The van der Waals surface area contributed by atoms with E-state index in [4.69, 9.17) is 4.74 Å². The summed E-state index contributed by atoms with van der Waals surface area (Å²) >= 11 is 3.48. The second-order valence-electron chi connectivity index (χ2n) is 5.99. The molecular formula is C20H19BrN2O3. The number of hydrogen-bond acceptors (Lipinski definition) is 3. The van der Waals surface area contributed by atoms with Crippen LogP contribution in [0.2, 0.25) is 0 Å². The highest BCUT2D eigenvalue weighted by atomic mass is 79.9. The van der Waals surface area contributed by atoms with Gasteiger partial charge in [0.15, 0.2) is 0 Å². The number of halogens is 1. The number of amides is 2. The van der Waals surface area contributed by atoms with Gasteiger partial charge in [0.1, 0.15) is 5.75 Å². The minimum Gasteiger partial charge on any atom is -0.492 e. The fourth-order valence-electron chi connectivity index (χ4n) is 2.92. The van der Waals surface area contributed by atoms with Gasteiger partial charge in [0.2, 0.25) is 11.8 Å². The van der Waals surface area contributed by atoms with E-state index in [1.54, 1.807) is 12.1 Å². The Balaban J connectivity index is 1.67. The molecule has 3 rings (SSSR count). The van der Waals surface area contributed by atoms with Crippen molar-refractivity contribution in [3.8, 4) is 5.75 Å². The quantitative estimate of drug-likeness (QED) is 0.731. The van der Waals surface area contributed by atoms with Crippen molar-refractivity contribution in [2.24, 2.45) is 0 Å². The summed E-state index contributed by atoms with van der Waals surface area (Å²) in [5, 5.41) is 5.77. The number of carbonyl (C=O) groups is 2. The molecular weight excluding hydrogens is 396 g/mol. The smallest absolute Gasteiger partial charge is 0.247 e. The van der Waals surface area contributed by atoms with Gasteiger partial charge in [-0.05, 0) is 45.8 Å². The minimum absolute atomic E-state index is 0.0741. The molecule has 0 saturated heterocycles. The van der Waals surface area contributed by atoms with E-state index in [0.717, 1.165) is 27.8 Å². The molecule has 2 aromatic rings. The van der Waals surface area contributed by atoms with Crippen molar-refractivity contribution >= 4 is 33.4 Å². The lowest BCUT2D eigenvalue weighted by Gasteiger charge is -2.27. The fourth-order valence-corrected chi connectivity index (χ4v) is 3.42. The number of fused-ring (bicyclic) bond motifs is 1. The van der Waals surface area contributed by atoms with Crippen LogP contribution < -0.4 is 15.4 Å². The predicted molar refractivity (Wildman–Crippen MR) is 104 cm³/mol. The maximum absolute atomic E-state index is 12.5. The van der Waals surface area contributed by atoms with Crippen molar-refractivity contribution in [1.29, 1.82) is 0 Å². The Hall–Kier alpha value is -2.60. The van der Waals surface area contributed by atoms with Gasteiger partial charge in [-0.1, -0.05) is 30.8 Å². The van der Waals surface area contributed by atoms with Crippen LogP contribution in [0.15, 0.2) is 59.6 Å². The molecule has 2 N–H and O–H groups in total. The zero-order valence-electron chi connectivity index (χ0n) is 14.1. The summed E-state index contributed by atoms with van der Waals surface area (Å²) in [4.78, 5) is 23.9. The van der Waals surface area contributed by atoms with Crippen molar-refractivity contribution in [1.82, 2.24) is 5.32 Å². The summed E-state index contributed by atoms with van der Waals surface area (Å²) in [6, 6.07) is 13.0. The highest BCUT2D eigenvalue weighted by Crippen LogP contribution is 2.37. The third-order valence-electron chi connectivity index (χ3n) is 4.11. The number of benzene rings is 2. The summed E-state index contributed by atoms with van der Waals surface area (Å²) < 4.78 is 6.59. The molecule has 2 amide bonds. The zero-order valence-corrected chi connectivity index (χ0v) is 15.7. The fraction of sp³-hybridized carbons (Fsp3) is 0.200. The second kappa shape index (κ2) is 8.19. The molecule has 0 spiro atoms. The molecule has 0 radical (unpaired) electrons. The van der Waals surface area contributed by atoms with Crippen molar-refractivity contribution in [2.75, 3.05) is 11.9 Å². The van der Waals surface area contributed by atoms with E-state index in [2.05, 4.69) is 33.1 Å².